The van der Waals surface area contributed by atoms with Gasteiger partial charge in [-0.05, 0) is 73.7 Å². The Morgan fingerprint density at radius 3 is 2.34 bits per heavy atom. The third-order valence-electron chi connectivity index (χ3n) is 7.59. The lowest BCUT2D eigenvalue weighted by molar-refractivity contribution is 0.0689. The zero-order chi connectivity index (χ0) is 32.7. The van der Waals surface area contributed by atoms with Crippen LogP contribution in [0.3, 0.4) is 0 Å². The molecule has 3 aromatic carbocycles. The summed E-state index contributed by atoms with van der Waals surface area (Å²) in [6, 6.07) is 29.2. The van der Waals surface area contributed by atoms with Crippen LogP contribution >= 0.6 is 0 Å². The minimum Gasteiger partial charge on any atom is -0.476 e. The quantitative estimate of drug-likeness (QED) is 0.186. The molecule has 7 aromatic rings. The molecule has 0 bridgehead atoms. The molecule has 12 heteroatoms. The minimum absolute atomic E-state index is 0.0263. The fourth-order valence-electron chi connectivity index (χ4n) is 5.29. The molecule has 1 amide bonds. The van der Waals surface area contributed by atoms with Crippen LogP contribution in [0.5, 0.6) is 0 Å². The van der Waals surface area contributed by atoms with Crippen molar-refractivity contribution in [2.24, 2.45) is 0 Å². The molecule has 0 aliphatic carbocycles. The molecule has 0 saturated carbocycles. The molecule has 47 heavy (non-hydrogen) atoms. The monoisotopic (exact) mass is 624 g/mol. The second-order valence-electron chi connectivity index (χ2n) is 10.7. The molecule has 0 radical (unpaired) electrons. The van der Waals surface area contributed by atoms with Crippen molar-refractivity contribution in [3.63, 3.8) is 0 Å². The molecular formula is C35H25FN8O3. The maximum Gasteiger partial charge on any atom is 0.356 e. The third-order valence-corrected chi connectivity index (χ3v) is 7.59. The predicted octanol–water partition coefficient (Wildman–Crippen LogP) is 6.32. The first-order valence-electron chi connectivity index (χ1n) is 14.4. The molecule has 0 spiro atoms. The molecule has 11 nitrogen and oxygen atoms in total. The van der Waals surface area contributed by atoms with Gasteiger partial charge in [-0.25, -0.2) is 28.8 Å². The number of nitrogens with two attached hydrogens (primary N) is 1. The zero-order valence-electron chi connectivity index (χ0n) is 24.8. The van der Waals surface area contributed by atoms with Crippen LogP contribution < -0.4 is 11.1 Å². The van der Waals surface area contributed by atoms with E-state index < -0.39 is 17.7 Å². The number of aromatic nitrogens is 6. The van der Waals surface area contributed by atoms with Crippen molar-refractivity contribution in [1.29, 1.82) is 0 Å². The summed E-state index contributed by atoms with van der Waals surface area (Å²) in [6.07, 6.45) is 1.58. The first-order valence-corrected chi connectivity index (χ1v) is 14.4. The summed E-state index contributed by atoms with van der Waals surface area (Å²) in [5.41, 5.74) is 11.2. The number of pyridine rings is 2. The highest BCUT2D eigenvalue weighted by atomic mass is 19.1. The first kappa shape index (κ1) is 29.0. The van der Waals surface area contributed by atoms with Gasteiger partial charge in [0.25, 0.3) is 5.91 Å². The number of imidazole rings is 1. The second kappa shape index (κ2) is 11.7. The van der Waals surface area contributed by atoms with E-state index in [4.69, 9.17) is 15.7 Å². The number of hydrogen-bond acceptors (Lipinski definition) is 7. The van der Waals surface area contributed by atoms with Crippen molar-refractivity contribution in [1.82, 2.24) is 29.3 Å². The summed E-state index contributed by atoms with van der Waals surface area (Å²) in [7, 11) is 0. The Labute approximate surface area is 266 Å². The molecule has 0 aliphatic heterocycles. The number of carbonyl (C=O) groups is 2. The number of carboxylic acids is 1. The SMILES string of the molecule is Cc1cc(C(=O)O)nn1-c1ccc(C(=O)Nc2ccc(-n3c(-c4cccnc4N)nc4ccc(-c5ccccc5)nc43)cc2F)cc1. The molecule has 0 fully saturated rings. The van der Waals surface area contributed by atoms with E-state index in [-0.39, 0.29) is 22.8 Å². The molecule has 0 unspecified atom stereocenters. The lowest BCUT2D eigenvalue weighted by Crippen LogP contribution is -2.13. The number of amides is 1. The third kappa shape index (κ3) is 5.44. The predicted molar refractivity (Wildman–Crippen MR) is 175 cm³/mol. The second-order valence-corrected chi connectivity index (χ2v) is 10.7. The van der Waals surface area contributed by atoms with E-state index in [1.54, 1.807) is 60.2 Å². The van der Waals surface area contributed by atoms with Gasteiger partial charge in [-0.2, -0.15) is 5.10 Å². The highest BCUT2D eigenvalue weighted by Gasteiger charge is 2.20. The maximum atomic E-state index is 15.7. The molecule has 7 rings (SSSR count). The van der Waals surface area contributed by atoms with Gasteiger partial charge >= 0.3 is 5.97 Å². The maximum absolute atomic E-state index is 15.7. The highest BCUT2D eigenvalue weighted by molar-refractivity contribution is 6.04. The smallest absolute Gasteiger partial charge is 0.356 e. The number of anilines is 2. The van der Waals surface area contributed by atoms with E-state index in [2.05, 4.69) is 15.4 Å². The van der Waals surface area contributed by atoms with Gasteiger partial charge in [0.05, 0.1) is 28.3 Å². The highest BCUT2D eigenvalue weighted by Crippen LogP contribution is 2.33. The number of rotatable bonds is 7. The number of aromatic carboxylic acids is 1. The first-order chi connectivity index (χ1) is 22.8. The van der Waals surface area contributed by atoms with Gasteiger partial charge in [0.2, 0.25) is 0 Å². The van der Waals surface area contributed by atoms with E-state index in [0.29, 0.717) is 45.3 Å². The van der Waals surface area contributed by atoms with Crippen molar-refractivity contribution < 1.29 is 19.1 Å². The Hall–Kier alpha value is -6.69. The van der Waals surface area contributed by atoms with Gasteiger partial charge in [-0.15, -0.1) is 0 Å². The summed E-state index contributed by atoms with van der Waals surface area (Å²) >= 11 is 0. The van der Waals surface area contributed by atoms with E-state index in [1.807, 2.05) is 42.5 Å². The summed E-state index contributed by atoms with van der Waals surface area (Å²) in [5.74, 6) is -1.65. The van der Waals surface area contributed by atoms with Gasteiger partial charge in [-0.3, -0.25) is 9.36 Å². The van der Waals surface area contributed by atoms with Crippen LogP contribution in [0.25, 0.3) is 45.2 Å². The van der Waals surface area contributed by atoms with Gasteiger partial charge in [0, 0.05) is 29.1 Å². The Balaban J connectivity index is 1.22. The van der Waals surface area contributed by atoms with Gasteiger partial charge < -0.3 is 16.2 Å². The van der Waals surface area contributed by atoms with Crippen LogP contribution in [0.2, 0.25) is 0 Å². The van der Waals surface area contributed by atoms with E-state index in [9.17, 15) is 14.7 Å². The summed E-state index contributed by atoms with van der Waals surface area (Å²) < 4.78 is 18.9. The average Bonchev–Trinajstić information content (AvgIpc) is 3.67. The molecule has 0 aliphatic rings. The van der Waals surface area contributed by atoms with Crippen LogP contribution in [0, 0.1) is 12.7 Å². The fourth-order valence-corrected chi connectivity index (χ4v) is 5.29. The minimum atomic E-state index is -1.14. The number of halogens is 1. The van der Waals surface area contributed by atoms with Crippen molar-refractivity contribution in [2.75, 3.05) is 11.1 Å². The Bertz CT molecular complexity index is 2310. The van der Waals surface area contributed by atoms with Crippen molar-refractivity contribution in [2.45, 2.75) is 6.92 Å². The van der Waals surface area contributed by atoms with Crippen LogP contribution in [0.4, 0.5) is 15.9 Å². The standard InChI is InChI=1S/C35H25FN8O3/c1-20-18-30(35(46)47)42-44(20)23-11-9-22(10-12-23)34(45)41-28-14-13-24(19-26(28)36)43-32(25-8-5-17-38-31(25)37)40-29-16-15-27(39-33(29)43)21-6-3-2-4-7-21/h2-19H,1H3,(H2,37,38)(H,41,45)(H,46,47). The van der Waals surface area contributed by atoms with Gasteiger partial charge in [0.15, 0.2) is 17.2 Å². The van der Waals surface area contributed by atoms with Crippen molar-refractivity contribution in [3.8, 4) is 34.0 Å². The fraction of sp³-hybridized carbons (Fsp3) is 0.0286. The number of fused-ring (bicyclic) bond motifs is 1. The number of nitrogens with one attached hydrogen (secondary N) is 1. The largest absolute Gasteiger partial charge is 0.476 e. The molecule has 4 aromatic heterocycles. The average molecular weight is 625 g/mol. The number of aryl methyl sites for hydroxylation is 1. The molecule has 230 valence electrons. The molecule has 0 atom stereocenters. The number of nitrogens with zero attached hydrogens (tertiary/aromatic N) is 6. The summed E-state index contributed by atoms with van der Waals surface area (Å²) in [6.45, 7) is 1.73. The lowest BCUT2D eigenvalue weighted by atomic mass is 10.1. The topological polar surface area (TPSA) is 154 Å². The van der Waals surface area contributed by atoms with Crippen LogP contribution in [0.15, 0.2) is 109 Å². The molecule has 0 saturated heterocycles. The summed E-state index contributed by atoms with van der Waals surface area (Å²) in [5, 5.41) is 15.9. The van der Waals surface area contributed by atoms with Crippen LogP contribution in [-0.4, -0.2) is 46.3 Å². The van der Waals surface area contributed by atoms with Crippen molar-refractivity contribution in [3.05, 3.63) is 132 Å². The van der Waals surface area contributed by atoms with Crippen LogP contribution in [0.1, 0.15) is 26.5 Å². The summed E-state index contributed by atoms with van der Waals surface area (Å²) in [4.78, 5) is 38.3. The molecule has 4 N–H and O–H groups in total. The van der Waals surface area contributed by atoms with Gasteiger partial charge in [-0.1, -0.05) is 30.3 Å². The Morgan fingerprint density at radius 1 is 0.872 bits per heavy atom. The Kier molecular flexibility index (Phi) is 7.21. The van der Waals surface area contributed by atoms with E-state index in [0.717, 1.165) is 5.56 Å². The number of hydrogen-bond donors (Lipinski definition) is 3. The molecule has 4 heterocycles. The van der Waals surface area contributed by atoms with Gasteiger partial charge in [0.1, 0.15) is 17.2 Å². The normalized spacial score (nSPS) is 11.1. The number of benzene rings is 3. The lowest BCUT2D eigenvalue weighted by Gasteiger charge is -2.13. The van der Waals surface area contributed by atoms with Crippen LogP contribution in [-0.2, 0) is 0 Å². The van der Waals surface area contributed by atoms with E-state index >= 15 is 4.39 Å². The van der Waals surface area contributed by atoms with E-state index in [1.165, 1.54) is 22.9 Å². The van der Waals surface area contributed by atoms with Crippen molar-refractivity contribution >= 4 is 34.5 Å². The Morgan fingerprint density at radius 2 is 1.64 bits per heavy atom. The number of carbonyl (C=O) groups excluding carboxylic acids is 1. The zero-order valence-corrected chi connectivity index (χ0v) is 24.8. The number of carboxylic acid groups (broad SMARTS) is 1. The molecular weight excluding hydrogens is 599 g/mol. The number of nitrogen functional groups attached to an aromatic ring is 1.